The third-order valence-corrected chi connectivity index (χ3v) is 6.03. The average molecular weight is 445 g/mol. The van der Waals surface area contributed by atoms with Crippen LogP contribution in [-0.4, -0.2) is 10.9 Å². The zero-order valence-corrected chi connectivity index (χ0v) is 18.4. The summed E-state index contributed by atoms with van der Waals surface area (Å²) in [4.78, 5) is 17.4. The molecule has 5 nitrogen and oxygen atoms in total. The normalized spacial score (nSPS) is 12.3. The van der Waals surface area contributed by atoms with E-state index in [9.17, 15) is 4.79 Å². The minimum atomic E-state index is -0.379. The summed E-state index contributed by atoms with van der Waals surface area (Å²) in [7, 11) is 0. The number of para-hydroxylation sites is 1. The van der Waals surface area contributed by atoms with Gasteiger partial charge in [-0.25, -0.2) is 4.98 Å². The van der Waals surface area contributed by atoms with E-state index in [0.29, 0.717) is 28.1 Å². The van der Waals surface area contributed by atoms with E-state index in [-0.39, 0.29) is 11.7 Å². The van der Waals surface area contributed by atoms with Gasteiger partial charge in [-0.1, -0.05) is 49.7 Å². The number of oxazole rings is 1. The van der Waals surface area contributed by atoms with E-state index in [0.717, 1.165) is 28.5 Å². The Morgan fingerprint density at radius 2 is 1.88 bits per heavy atom. The lowest BCUT2D eigenvalue weighted by atomic mass is 9.98. The molecule has 0 fully saturated rings. The molecule has 160 valence electrons. The Labute approximate surface area is 190 Å². The van der Waals surface area contributed by atoms with E-state index in [1.807, 2.05) is 36.4 Å². The molecule has 1 unspecified atom stereocenters. The highest BCUT2D eigenvalue weighted by Gasteiger charge is 2.16. The van der Waals surface area contributed by atoms with Crippen molar-refractivity contribution in [3.05, 3.63) is 83.1 Å². The molecule has 0 aliphatic carbocycles. The minimum absolute atomic E-state index is 0.215. The Kier molecular flexibility index (Phi) is 5.19. The first-order valence-corrected chi connectivity index (χ1v) is 10.9. The van der Waals surface area contributed by atoms with Gasteiger partial charge in [0.1, 0.15) is 11.1 Å². The monoisotopic (exact) mass is 444 g/mol. The molecule has 2 aromatic heterocycles. The smallest absolute Gasteiger partial charge is 0.291 e. The average Bonchev–Trinajstić information content (AvgIpc) is 3.43. The van der Waals surface area contributed by atoms with Crippen molar-refractivity contribution < 1.29 is 13.6 Å². The lowest BCUT2D eigenvalue weighted by Gasteiger charge is -2.07. The van der Waals surface area contributed by atoms with Crippen LogP contribution in [0.1, 0.15) is 42.3 Å². The Bertz CT molecular complexity index is 1420. The molecule has 32 heavy (non-hydrogen) atoms. The maximum Gasteiger partial charge on any atom is 0.291 e. The van der Waals surface area contributed by atoms with Gasteiger partial charge in [0, 0.05) is 10.9 Å². The molecular formula is C26H21ClN2O3. The number of nitrogens with one attached hydrogen (secondary N) is 1. The standard InChI is InChI=1S/C26H21ClN2O3/c1-3-15(2)16-9-11-23-21(12-16)29-26(32-23)18-8-10-19(27)20(13-18)28-25(30)24-14-17-6-4-5-7-22(17)31-24/h4-15H,3H2,1-2H3,(H,28,30). The van der Waals surface area contributed by atoms with Crippen LogP contribution in [0, 0.1) is 0 Å². The number of hydrogen-bond acceptors (Lipinski definition) is 4. The first-order chi connectivity index (χ1) is 15.5. The lowest BCUT2D eigenvalue weighted by molar-refractivity contribution is 0.0998. The Hall–Kier alpha value is -3.57. The maximum absolute atomic E-state index is 12.8. The van der Waals surface area contributed by atoms with Crippen molar-refractivity contribution in [1.29, 1.82) is 0 Å². The van der Waals surface area contributed by atoms with Crippen LogP contribution in [0.25, 0.3) is 33.5 Å². The third kappa shape index (κ3) is 3.76. The summed E-state index contributed by atoms with van der Waals surface area (Å²) >= 11 is 6.35. The Morgan fingerprint density at radius 3 is 2.69 bits per heavy atom. The molecule has 0 spiro atoms. The second-order valence-corrected chi connectivity index (χ2v) is 8.26. The van der Waals surface area contributed by atoms with E-state index in [2.05, 4.69) is 36.3 Å². The van der Waals surface area contributed by atoms with Gasteiger partial charge in [0.2, 0.25) is 5.89 Å². The van der Waals surface area contributed by atoms with Crippen molar-refractivity contribution in [2.45, 2.75) is 26.2 Å². The molecule has 2 heterocycles. The van der Waals surface area contributed by atoms with Gasteiger partial charge in [-0.05, 0) is 60.4 Å². The molecule has 5 aromatic rings. The summed E-state index contributed by atoms with van der Waals surface area (Å²) in [5.41, 5.74) is 4.58. The van der Waals surface area contributed by atoms with Crippen LogP contribution in [0.2, 0.25) is 5.02 Å². The van der Waals surface area contributed by atoms with Crippen molar-refractivity contribution in [2.75, 3.05) is 5.32 Å². The van der Waals surface area contributed by atoms with Crippen LogP contribution < -0.4 is 5.32 Å². The fraction of sp³-hybridized carbons (Fsp3) is 0.154. The molecule has 6 heteroatoms. The largest absolute Gasteiger partial charge is 0.451 e. The van der Waals surface area contributed by atoms with Crippen LogP contribution in [-0.2, 0) is 0 Å². The summed E-state index contributed by atoms with van der Waals surface area (Å²) in [5, 5.41) is 4.10. The summed E-state index contributed by atoms with van der Waals surface area (Å²) < 4.78 is 11.6. The van der Waals surface area contributed by atoms with E-state index in [1.165, 1.54) is 5.56 Å². The second-order valence-electron chi connectivity index (χ2n) is 7.85. The molecule has 1 amide bonds. The van der Waals surface area contributed by atoms with Gasteiger partial charge >= 0.3 is 0 Å². The van der Waals surface area contributed by atoms with Crippen LogP contribution in [0.3, 0.4) is 0 Å². The van der Waals surface area contributed by atoms with Gasteiger partial charge in [0.25, 0.3) is 5.91 Å². The molecular weight excluding hydrogens is 424 g/mol. The molecule has 3 aromatic carbocycles. The zero-order valence-electron chi connectivity index (χ0n) is 17.7. The molecule has 0 saturated carbocycles. The first kappa shape index (κ1) is 20.3. The Balaban J connectivity index is 1.45. The van der Waals surface area contributed by atoms with E-state index in [4.69, 9.17) is 20.4 Å². The topological polar surface area (TPSA) is 68.3 Å². The summed E-state index contributed by atoms with van der Waals surface area (Å²) in [6, 6.07) is 20.6. The number of hydrogen-bond donors (Lipinski definition) is 1. The predicted molar refractivity (Wildman–Crippen MR) is 127 cm³/mol. The highest BCUT2D eigenvalue weighted by Crippen LogP contribution is 2.32. The van der Waals surface area contributed by atoms with Gasteiger partial charge in [0.15, 0.2) is 11.3 Å². The van der Waals surface area contributed by atoms with Gasteiger partial charge in [0.05, 0.1) is 10.7 Å². The summed E-state index contributed by atoms with van der Waals surface area (Å²) in [6.07, 6.45) is 1.06. The fourth-order valence-electron chi connectivity index (χ4n) is 3.64. The highest BCUT2D eigenvalue weighted by atomic mass is 35.5. The molecule has 0 aliphatic heterocycles. The van der Waals surface area contributed by atoms with Crippen LogP contribution in [0.5, 0.6) is 0 Å². The maximum atomic E-state index is 12.8. The number of benzene rings is 3. The number of halogens is 1. The third-order valence-electron chi connectivity index (χ3n) is 5.70. The van der Waals surface area contributed by atoms with Gasteiger partial charge in [-0.2, -0.15) is 0 Å². The molecule has 1 N–H and O–H groups in total. The second kappa shape index (κ2) is 8.17. The van der Waals surface area contributed by atoms with Crippen molar-refractivity contribution >= 4 is 45.3 Å². The van der Waals surface area contributed by atoms with Gasteiger partial charge in [-0.3, -0.25) is 4.79 Å². The number of anilines is 1. The number of nitrogens with zero attached hydrogens (tertiary/aromatic N) is 1. The SMILES string of the molecule is CCC(C)c1ccc2oc(-c3ccc(Cl)c(NC(=O)c4cc5ccccc5o4)c3)nc2c1. The van der Waals surface area contributed by atoms with Crippen LogP contribution in [0.4, 0.5) is 5.69 Å². The minimum Gasteiger partial charge on any atom is -0.451 e. The predicted octanol–water partition coefficient (Wildman–Crippen LogP) is 7.66. The highest BCUT2D eigenvalue weighted by molar-refractivity contribution is 6.34. The number of aromatic nitrogens is 1. The molecule has 0 radical (unpaired) electrons. The van der Waals surface area contributed by atoms with Crippen molar-refractivity contribution in [3.63, 3.8) is 0 Å². The van der Waals surface area contributed by atoms with Crippen molar-refractivity contribution in [3.8, 4) is 11.5 Å². The molecule has 0 aliphatic rings. The number of amides is 1. The molecule has 0 saturated heterocycles. The number of rotatable bonds is 5. The van der Waals surface area contributed by atoms with Crippen molar-refractivity contribution in [2.24, 2.45) is 0 Å². The molecule has 0 bridgehead atoms. The fourth-order valence-corrected chi connectivity index (χ4v) is 3.81. The summed E-state index contributed by atoms with van der Waals surface area (Å²) in [6.45, 7) is 4.36. The van der Waals surface area contributed by atoms with Gasteiger partial charge in [-0.15, -0.1) is 0 Å². The number of furan rings is 1. The zero-order chi connectivity index (χ0) is 22.2. The number of carbonyl (C=O) groups excluding carboxylic acids is 1. The summed E-state index contributed by atoms with van der Waals surface area (Å²) in [5.74, 6) is 0.760. The molecule has 1 atom stereocenters. The molecule has 5 rings (SSSR count). The Morgan fingerprint density at radius 1 is 1.03 bits per heavy atom. The van der Waals surface area contributed by atoms with Crippen LogP contribution >= 0.6 is 11.6 Å². The number of fused-ring (bicyclic) bond motifs is 2. The van der Waals surface area contributed by atoms with Gasteiger partial charge < -0.3 is 14.2 Å². The first-order valence-electron chi connectivity index (χ1n) is 10.5. The van der Waals surface area contributed by atoms with Crippen molar-refractivity contribution in [1.82, 2.24) is 4.98 Å². The van der Waals surface area contributed by atoms with E-state index >= 15 is 0 Å². The lowest BCUT2D eigenvalue weighted by Crippen LogP contribution is -2.11. The van der Waals surface area contributed by atoms with E-state index < -0.39 is 0 Å². The number of carbonyl (C=O) groups is 1. The van der Waals surface area contributed by atoms with E-state index in [1.54, 1.807) is 18.2 Å². The van der Waals surface area contributed by atoms with Crippen LogP contribution in [0.15, 0.2) is 75.6 Å². The quantitative estimate of drug-likeness (QED) is 0.302.